The van der Waals surface area contributed by atoms with Gasteiger partial charge in [-0.25, -0.2) is 0 Å². The molecule has 5 nitrogen and oxygen atoms in total. The average molecular weight is 215 g/mol. The SMILES string of the molecule is O=C(Nc1cccnn1)c1ccccc1O. The van der Waals surface area contributed by atoms with Crippen molar-refractivity contribution in [3.8, 4) is 5.75 Å². The van der Waals surface area contributed by atoms with Gasteiger partial charge in [0.1, 0.15) is 5.75 Å². The number of rotatable bonds is 2. The van der Waals surface area contributed by atoms with Crippen LogP contribution in [0.4, 0.5) is 5.82 Å². The lowest BCUT2D eigenvalue weighted by Crippen LogP contribution is -2.13. The van der Waals surface area contributed by atoms with Gasteiger partial charge < -0.3 is 10.4 Å². The molecule has 0 aliphatic rings. The van der Waals surface area contributed by atoms with Gasteiger partial charge >= 0.3 is 0 Å². The topological polar surface area (TPSA) is 75.1 Å². The molecule has 16 heavy (non-hydrogen) atoms. The molecule has 1 heterocycles. The lowest BCUT2D eigenvalue weighted by Gasteiger charge is -2.04. The first kappa shape index (κ1) is 10.1. The van der Waals surface area contributed by atoms with Gasteiger partial charge in [-0.2, -0.15) is 5.10 Å². The van der Waals surface area contributed by atoms with Gasteiger partial charge in [-0.15, -0.1) is 5.10 Å². The lowest BCUT2D eigenvalue weighted by molar-refractivity contribution is 0.102. The number of nitrogens with zero attached hydrogens (tertiary/aromatic N) is 2. The summed E-state index contributed by atoms with van der Waals surface area (Å²) < 4.78 is 0. The number of hydrogen-bond donors (Lipinski definition) is 2. The van der Waals surface area contributed by atoms with Crippen molar-refractivity contribution in [2.45, 2.75) is 0 Å². The zero-order chi connectivity index (χ0) is 11.4. The summed E-state index contributed by atoms with van der Waals surface area (Å²) in [5, 5.41) is 19.3. The summed E-state index contributed by atoms with van der Waals surface area (Å²) in [5.74, 6) is -0.141. The molecule has 2 N–H and O–H groups in total. The van der Waals surface area contributed by atoms with Crippen LogP contribution in [-0.4, -0.2) is 21.2 Å². The molecule has 2 rings (SSSR count). The Hall–Kier alpha value is -2.43. The highest BCUT2D eigenvalue weighted by molar-refractivity contribution is 6.05. The number of phenolic OH excluding ortho intramolecular Hbond substituents is 1. The maximum Gasteiger partial charge on any atom is 0.260 e. The molecule has 0 fully saturated rings. The third-order valence-electron chi connectivity index (χ3n) is 1.96. The predicted octanol–water partition coefficient (Wildman–Crippen LogP) is 1.43. The highest BCUT2D eigenvalue weighted by Crippen LogP contribution is 2.16. The van der Waals surface area contributed by atoms with E-state index >= 15 is 0 Å². The minimum absolute atomic E-state index is 0.0658. The molecule has 0 radical (unpaired) electrons. The van der Waals surface area contributed by atoms with Crippen LogP contribution in [0, 0.1) is 0 Å². The fourth-order valence-corrected chi connectivity index (χ4v) is 1.22. The van der Waals surface area contributed by atoms with E-state index in [1.807, 2.05) is 0 Å². The zero-order valence-corrected chi connectivity index (χ0v) is 8.29. The van der Waals surface area contributed by atoms with Crippen LogP contribution in [0.3, 0.4) is 0 Å². The standard InChI is InChI=1S/C11H9N3O2/c15-9-5-2-1-4-8(9)11(16)13-10-6-3-7-12-14-10/h1-7,15H,(H,13,14,16). The second-order valence-electron chi connectivity index (χ2n) is 3.08. The number of carbonyl (C=O) groups excluding carboxylic acids is 1. The van der Waals surface area contributed by atoms with Crippen molar-refractivity contribution in [1.29, 1.82) is 0 Å². The van der Waals surface area contributed by atoms with Crippen molar-refractivity contribution in [2.75, 3.05) is 5.32 Å². The van der Waals surface area contributed by atoms with E-state index in [9.17, 15) is 9.90 Å². The van der Waals surface area contributed by atoms with Crippen LogP contribution in [-0.2, 0) is 0 Å². The summed E-state index contributed by atoms with van der Waals surface area (Å²) in [7, 11) is 0. The summed E-state index contributed by atoms with van der Waals surface area (Å²) in [6.45, 7) is 0. The molecule has 0 unspecified atom stereocenters. The molecule has 5 heteroatoms. The van der Waals surface area contributed by atoms with Gasteiger partial charge in [-0.1, -0.05) is 12.1 Å². The Labute approximate surface area is 91.8 Å². The predicted molar refractivity (Wildman–Crippen MR) is 58.1 cm³/mol. The first-order valence-electron chi connectivity index (χ1n) is 4.64. The quantitative estimate of drug-likeness (QED) is 0.794. The summed E-state index contributed by atoms with van der Waals surface area (Å²) in [5.41, 5.74) is 0.202. The summed E-state index contributed by atoms with van der Waals surface area (Å²) in [4.78, 5) is 11.7. The number of phenols is 1. The first-order valence-corrected chi connectivity index (χ1v) is 4.64. The van der Waals surface area contributed by atoms with E-state index < -0.39 is 5.91 Å². The van der Waals surface area contributed by atoms with Crippen LogP contribution in [0.15, 0.2) is 42.6 Å². The Morgan fingerprint density at radius 3 is 2.69 bits per heavy atom. The third-order valence-corrected chi connectivity index (χ3v) is 1.96. The lowest BCUT2D eigenvalue weighted by atomic mass is 10.2. The Bertz CT molecular complexity index is 500. The normalized spacial score (nSPS) is 9.75. The van der Waals surface area contributed by atoms with Gasteiger partial charge in [0.25, 0.3) is 5.91 Å². The van der Waals surface area contributed by atoms with E-state index in [-0.39, 0.29) is 11.3 Å². The minimum Gasteiger partial charge on any atom is -0.507 e. The van der Waals surface area contributed by atoms with E-state index in [1.54, 1.807) is 24.3 Å². The van der Waals surface area contributed by atoms with E-state index in [0.29, 0.717) is 5.82 Å². The molecule has 0 aliphatic heterocycles. The molecule has 0 bridgehead atoms. The molecular formula is C11H9N3O2. The zero-order valence-electron chi connectivity index (χ0n) is 8.29. The molecule has 1 aromatic carbocycles. The molecular weight excluding hydrogens is 206 g/mol. The van der Waals surface area contributed by atoms with Crippen molar-refractivity contribution >= 4 is 11.7 Å². The Morgan fingerprint density at radius 2 is 2.00 bits per heavy atom. The number of para-hydroxylation sites is 1. The molecule has 1 amide bonds. The summed E-state index contributed by atoms with van der Waals surface area (Å²) in [6, 6.07) is 9.57. The Morgan fingerprint density at radius 1 is 1.19 bits per heavy atom. The fourth-order valence-electron chi connectivity index (χ4n) is 1.22. The first-order chi connectivity index (χ1) is 7.77. The second-order valence-corrected chi connectivity index (χ2v) is 3.08. The number of aromatic nitrogens is 2. The molecule has 80 valence electrons. The second kappa shape index (κ2) is 4.39. The molecule has 0 spiro atoms. The van der Waals surface area contributed by atoms with Crippen LogP contribution in [0.1, 0.15) is 10.4 Å². The highest BCUT2D eigenvalue weighted by atomic mass is 16.3. The Balaban J connectivity index is 2.19. The van der Waals surface area contributed by atoms with E-state index in [1.165, 1.54) is 18.3 Å². The number of hydrogen-bond acceptors (Lipinski definition) is 4. The smallest absolute Gasteiger partial charge is 0.260 e. The number of benzene rings is 1. The number of nitrogens with one attached hydrogen (secondary N) is 1. The summed E-state index contributed by atoms with van der Waals surface area (Å²) >= 11 is 0. The Kier molecular flexibility index (Phi) is 2.77. The molecule has 0 saturated carbocycles. The highest BCUT2D eigenvalue weighted by Gasteiger charge is 2.10. The largest absolute Gasteiger partial charge is 0.507 e. The van der Waals surface area contributed by atoms with Gasteiger partial charge in [0.15, 0.2) is 5.82 Å². The number of amides is 1. The average Bonchev–Trinajstić information content (AvgIpc) is 2.31. The van der Waals surface area contributed by atoms with Crippen LogP contribution >= 0.6 is 0 Å². The molecule has 1 aromatic heterocycles. The van der Waals surface area contributed by atoms with Crippen molar-refractivity contribution in [3.63, 3.8) is 0 Å². The molecule has 0 saturated heterocycles. The van der Waals surface area contributed by atoms with Crippen molar-refractivity contribution in [1.82, 2.24) is 10.2 Å². The molecule has 0 atom stereocenters. The van der Waals surface area contributed by atoms with Gasteiger partial charge in [0, 0.05) is 6.20 Å². The molecule has 2 aromatic rings. The van der Waals surface area contributed by atoms with Crippen LogP contribution in [0.2, 0.25) is 0 Å². The number of carbonyl (C=O) groups is 1. The van der Waals surface area contributed by atoms with Gasteiger partial charge in [-0.3, -0.25) is 4.79 Å². The summed E-state index contributed by atoms with van der Waals surface area (Å²) in [6.07, 6.45) is 1.51. The monoisotopic (exact) mass is 215 g/mol. The maximum absolute atomic E-state index is 11.7. The van der Waals surface area contributed by atoms with Crippen molar-refractivity contribution in [3.05, 3.63) is 48.2 Å². The number of aromatic hydroxyl groups is 1. The van der Waals surface area contributed by atoms with E-state index in [0.717, 1.165) is 0 Å². The van der Waals surface area contributed by atoms with E-state index in [4.69, 9.17) is 0 Å². The molecule has 0 aliphatic carbocycles. The van der Waals surface area contributed by atoms with Crippen LogP contribution < -0.4 is 5.32 Å². The third kappa shape index (κ3) is 2.14. The fraction of sp³-hybridized carbons (Fsp3) is 0. The van der Waals surface area contributed by atoms with Crippen LogP contribution in [0.5, 0.6) is 5.75 Å². The van der Waals surface area contributed by atoms with Gasteiger partial charge in [0.2, 0.25) is 0 Å². The maximum atomic E-state index is 11.7. The van der Waals surface area contributed by atoms with E-state index in [2.05, 4.69) is 15.5 Å². The van der Waals surface area contributed by atoms with Gasteiger partial charge in [0.05, 0.1) is 5.56 Å². The van der Waals surface area contributed by atoms with Crippen molar-refractivity contribution < 1.29 is 9.90 Å². The van der Waals surface area contributed by atoms with Crippen LogP contribution in [0.25, 0.3) is 0 Å². The van der Waals surface area contributed by atoms with Gasteiger partial charge in [-0.05, 0) is 24.3 Å². The minimum atomic E-state index is -0.418. The number of anilines is 1. The van der Waals surface area contributed by atoms with Crippen molar-refractivity contribution in [2.24, 2.45) is 0 Å².